The second-order valence-electron chi connectivity index (χ2n) is 6.07. The van der Waals surface area contributed by atoms with Gasteiger partial charge in [-0.25, -0.2) is 4.39 Å². The van der Waals surface area contributed by atoms with Gasteiger partial charge in [0.25, 0.3) is 0 Å². The van der Waals surface area contributed by atoms with Crippen LogP contribution in [0.2, 0.25) is 0 Å². The van der Waals surface area contributed by atoms with Gasteiger partial charge in [0.15, 0.2) is 0 Å². The summed E-state index contributed by atoms with van der Waals surface area (Å²) in [4.78, 5) is 14.4. The maximum atomic E-state index is 13.1. The molecule has 4 nitrogen and oxygen atoms in total. The third kappa shape index (κ3) is 5.07. The predicted octanol–water partition coefficient (Wildman–Crippen LogP) is 1.84. The van der Waals surface area contributed by atoms with Gasteiger partial charge in [0.2, 0.25) is 5.91 Å². The molecule has 1 aromatic carbocycles. The highest BCUT2D eigenvalue weighted by Gasteiger charge is 2.24. The molecule has 1 saturated heterocycles. The predicted molar refractivity (Wildman–Crippen MR) is 84.1 cm³/mol. The number of halogens is 1. The molecule has 0 bridgehead atoms. The molecule has 1 unspecified atom stereocenters. The summed E-state index contributed by atoms with van der Waals surface area (Å²) in [5, 5.41) is 2.99. The number of carbonyl (C=O) groups is 1. The van der Waals surface area contributed by atoms with Gasteiger partial charge in [-0.2, -0.15) is 0 Å². The number of benzene rings is 1. The number of morpholine rings is 1. The summed E-state index contributed by atoms with van der Waals surface area (Å²) in [6.45, 7) is 8.26. The maximum absolute atomic E-state index is 13.1. The molecule has 5 heteroatoms. The Balaban J connectivity index is 1.84. The van der Waals surface area contributed by atoms with E-state index in [0.29, 0.717) is 24.1 Å². The number of nitrogens with one attached hydrogen (secondary N) is 1. The minimum absolute atomic E-state index is 0.0653. The van der Waals surface area contributed by atoms with Gasteiger partial charge in [0, 0.05) is 25.7 Å². The first-order valence-corrected chi connectivity index (χ1v) is 7.89. The Kier molecular flexibility index (Phi) is 6.34. The smallest absolute Gasteiger partial charge is 0.224 e. The molecule has 0 aliphatic carbocycles. The van der Waals surface area contributed by atoms with Gasteiger partial charge in [-0.1, -0.05) is 26.0 Å². The second kappa shape index (κ2) is 8.25. The summed E-state index contributed by atoms with van der Waals surface area (Å²) in [5.41, 5.74) is 0.699. The Morgan fingerprint density at radius 1 is 1.36 bits per heavy atom. The maximum Gasteiger partial charge on any atom is 0.224 e. The quantitative estimate of drug-likeness (QED) is 0.872. The van der Waals surface area contributed by atoms with Crippen molar-refractivity contribution >= 4 is 5.91 Å². The monoisotopic (exact) mass is 308 g/mol. The van der Waals surface area contributed by atoms with Gasteiger partial charge in [-0.15, -0.1) is 0 Å². The van der Waals surface area contributed by atoms with E-state index in [2.05, 4.69) is 24.1 Å². The van der Waals surface area contributed by atoms with Crippen LogP contribution in [0.15, 0.2) is 24.3 Å². The first-order valence-electron chi connectivity index (χ1n) is 7.89. The van der Waals surface area contributed by atoms with E-state index in [-0.39, 0.29) is 18.1 Å². The third-order valence-corrected chi connectivity index (χ3v) is 4.05. The molecule has 1 aliphatic heterocycles. The zero-order chi connectivity index (χ0) is 15.9. The SMILES string of the molecule is CC(C)C(CNC(=O)Cc1cccc(F)c1)N1CCOCC1. The molecule has 0 spiro atoms. The largest absolute Gasteiger partial charge is 0.379 e. The molecule has 1 amide bonds. The highest BCUT2D eigenvalue weighted by atomic mass is 19.1. The molecule has 1 fully saturated rings. The van der Waals surface area contributed by atoms with Crippen LogP contribution >= 0.6 is 0 Å². The molecule has 1 aromatic rings. The van der Waals surface area contributed by atoms with Gasteiger partial charge in [0.05, 0.1) is 19.6 Å². The number of ether oxygens (including phenoxy) is 1. The van der Waals surface area contributed by atoms with Gasteiger partial charge in [-0.3, -0.25) is 9.69 Å². The molecular formula is C17H25FN2O2. The molecule has 122 valence electrons. The number of rotatable bonds is 6. The van der Waals surface area contributed by atoms with Crippen molar-refractivity contribution in [2.75, 3.05) is 32.8 Å². The van der Waals surface area contributed by atoms with Crippen LogP contribution < -0.4 is 5.32 Å². The van der Waals surface area contributed by atoms with Crippen LogP contribution in [0.3, 0.4) is 0 Å². The Morgan fingerprint density at radius 3 is 2.73 bits per heavy atom. The lowest BCUT2D eigenvalue weighted by Crippen LogP contribution is -2.51. The lowest BCUT2D eigenvalue weighted by molar-refractivity contribution is -0.120. The number of nitrogens with zero attached hydrogens (tertiary/aromatic N) is 1. The van der Waals surface area contributed by atoms with E-state index in [1.165, 1.54) is 12.1 Å². The van der Waals surface area contributed by atoms with E-state index >= 15 is 0 Å². The summed E-state index contributed by atoms with van der Waals surface area (Å²) in [7, 11) is 0. The van der Waals surface area contributed by atoms with Crippen LogP contribution in [-0.2, 0) is 16.0 Å². The molecule has 1 heterocycles. The normalized spacial score (nSPS) is 17.5. The highest BCUT2D eigenvalue weighted by molar-refractivity contribution is 5.78. The fourth-order valence-corrected chi connectivity index (χ4v) is 2.81. The molecule has 0 radical (unpaired) electrons. The van der Waals surface area contributed by atoms with Crippen molar-refractivity contribution in [3.05, 3.63) is 35.6 Å². The first-order chi connectivity index (χ1) is 10.6. The zero-order valence-corrected chi connectivity index (χ0v) is 13.3. The average Bonchev–Trinajstić information content (AvgIpc) is 2.48. The minimum atomic E-state index is -0.307. The summed E-state index contributed by atoms with van der Waals surface area (Å²) >= 11 is 0. The molecule has 0 saturated carbocycles. The summed E-state index contributed by atoms with van der Waals surface area (Å²) in [6.07, 6.45) is 0.214. The fourth-order valence-electron chi connectivity index (χ4n) is 2.81. The Labute approximate surface area is 131 Å². The molecule has 1 atom stereocenters. The summed E-state index contributed by atoms with van der Waals surface area (Å²) in [6, 6.07) is 6.49. The van der Waals surface area contributed by atoms with Gasteiger partial charge >= 0.3 is 0 Å². The van der Waals surface area contributed by atoms with E-state index in [1.807, 2.05) is 0 Å². The number of carbonyl (C=O) groups excluding carboxylic acids is 1. The van der Waals surface area contributed by atoms with Gasteiger partial charge in [-0.05, 0) is 23.6 Å². The van der Waals surface area contributed by atoms with Crippen LogP contribution in [0.25, 0.3) is 0 Å². The second-order valence-corrected chi connectivity index (χ2v) is 6.07. The van der Waals surface area contributed by atoms with Crippen LogP contribution in [0.4, 0.5) is 4.39 Å². The van der Waals surface area contributed by atoms with Crippen molar-refractivity contribution in [3.8, 4) is 0 Å². The zero-order valence-electron chi connectivity index (χ0n) is 13.3. The van der Waals surface area contributed by atoms with E-state index in [4.69, 9.17) is 4.74 Å². The summed E-state index contributed by atoms with van der Waals surface area (Å²) in [5.74, 6) is 0.0794. The van der Waals surface area contributed by atoms with E-state index in [0.717, 1.165) is 26.3 Å². The molecule has 2 rings (SSSR count). The first kappa shape index (κ1) is 16.9. The Morgan fingerprint density at radius 2 is 2.09 bits per heavy atom. The fraction of sp³-hybridized carbons (Fsp3) is 0.588. The van der Waals surface area contributed by atoms with Crippen molar-refractivity contribution < 1.29 is 13.9 Å². The van der Waals surface area contributed by atoms with Crippen molar-refractivity contribution in [1.82, 2.24) is 10.2 Å². The van der Waals surface area contributed by atoms with Crippen LogP contribution in [0, 0.1) is 11.7 Å². The Hall–Kier alpha value is -1.46. The van der Waals surface area contributed by atoms with E-state index < -0.39 is 0 Å². The molecular weight excluding hydrogens is 283 g/mol. The van der Waals surface area contributed by atoms with Gasteiger partial charge < -0.3 is 10.1 Å². The van der Waals surface area contributed by atoms with Crippen molar-refractivity contribution in [1.29, 1.82) is 0 Å². The molecule has 22 heavy (non-hydrogen) atoms. The number of amides is 1. The minimum Gasteiger partial charge on any atom is -0.379 e. The van der Waals surface area contributed by atoms with Crippen LogP contribution in [0.1, 0.15) is 19.4 Å². The molecule has 1 aliphatic rings. The number of hydrogen-bond acceptors (Lipinski definition) is 3. The van der Waals surface area contributed by atoms with Crippen molar-refractivity contribution in [3.63, 3.8) is 0 Å². The lowest BCUT2D eigenvalue weighted by Gasteiger charge is -2.36. The van der Waals surface area contributed by atoms with Crippen molar-refractivity contribution in [2.45, 2.75) is 26.3 Å². The lowest BCUT2D eigenvalue weighted by atomic mass is 10.0. The Bertz CT molecular complexity index is 487. The van der Waals surface area contributed by atoms with E-state index in [9.17, 15) is 9.18 Å². The third-order valence-electron chi connectivity index (χ3n) is 4.05. The van der Waals surface area contributed by atoms with Crippen molar-refractivity contribution in [2.24, 2.45) is 5.92 Å². The van der Waals surface area contributed by atoms with Crippen LogP contribution in [0.5, 0.6) is 0 Å². The van der Waals surface area contributed by atoms with Crippen LogP contribution in [-0.4, -0.2) is 49.7 Å². The topological polar surface area (TPSA) is 41.6 Å². The molecule has 1 N–H and O–H groups in total. The highest BCUT2D eigenvalue weighted by Crippen LogP contribution is 2.12. The summed E-state index contributed by atoms with van der Waals surface area (Å²) < 4.78 is 18.5. The molecule has 0 aromatic heterocycles. The van der Waals surface area contributed by atoms with E-state index in [1.54, 1.807) is 12.1 Å². The standard InChI is InChI=1S/C17H25FN2O2/c1-13(2)16(20-6-8-22-9-7-20)12-19-17(21)11-14-4-3-5-15(18)10-14/h3-5,10,13,16H,6-9,11-12H2,1-2H3,(H,19,21). The average molecular weight is 308 g/mol. The van der Waals surface area contributed by atoms with Gasteiger partial charge in [0.1, 0.15) is 5.82 Å². The number of hydrogen-bond donors (Lipinski definition) is 1.